The fourth-order valence-corrected chi connectivity index (χ4v) is 2.45. The van der Waals surface area contributed by atoms with Gasteiger partial charge in [0.2, 0.25) is 0 Å². The molecule has 0 aromatic heterocycles. The van der Waals surface area contributed by atoms with Crippen LogP contribution >= 0.6 is 11.6 Å². The van der Waals surface area contributed by atoms with Crippen molar-refractivity contribution in [1.82, 2.24) is 0 Å². The van der Waals surface area contributed by atoms with Gasteiger partial charge in [0.25, 0.3) is 5.91 Å². The van der Waals surface area contributed by atoms with Crippen LogP contribution in [-0.2, 0) is 0 Å². The number of halogens is 1. The summed E-state index contributed by atoms with van der Waals surface area (Å²) < 4.78 is 16.1. The van der Waals surface area contributed by atoms with Crippen molar-refractivity contribution in [2.45, 2.75) is 0 Å². The Labute approximate surface area is 132 Å². The Morgan fingerprint density at radius 3 is 2.82 bits per heavy atom. The van der Waals surface area contributed by atoms with Crippen molar-refractivity contribution in [2.24, 2.45) is 0 Å². The number of benzene rings is 2. The molecule has 2 aromatic rings. The van der Waals surface area contributed by atoms with Gasteiger partial charge in [-0.05, 0) is 30.3 Å². The Bertz CT molecular complexity index is 717. The molecule has 2 aromatic carbocycles. The molecule has 1 heterocycles. The molecule has 1 N–H and O–H groups in total. The van der Waals surface area contributed by atoms with E-state index in [9.17, 15) is 4.79 Å². The van der Waals surface area contributed by atoms with Gasteiger partial charge in [-0.1, -0.05) is 17.7 Å². The fourth-order valence-electron chi connectivity index (χ4n) is 2.20. The number of hydrogen-bond acceptors (Lipinski definition) is 4. The van der Waals surface area contributed by atoms with Crippen LogP contribution in [0.25, 0.3) is 0 Å². The van der Waals surface area contributed by atoms with Gasteiger partial charge in [0.05, 0.1) is 17.7 Å². The highest BCUT2D eigenvalue weighted by atomic mass is 35.5. The first kappa shape index (κ1) is 14.5. The maximum atomic E-state index is 12.4. The third-order valence-corrected chi connectivity index (χ3v) is 3.52. The minimum atomic E-state index is -0.288. The van der Waals surface area contributed by atoms with E-state index in [4.69, 9.17) is 25.8 Å². The van der Waals surface area contributed by atoms with E-state index < -0.39 is 0 Å². The lowest BCUT2D eigenvalue weighted by atomic mass is 10.1. The number of para-hydroxylation sites is 1. The molecule has 1 aliphatic heterocycles. The average Bonchev–Trinajstić information content (AvgIpc) is 2.54. The molecule has 1 amide bonds. The summed E-state index contributed by atoms with van der Waals surface area (Å²) in [6.45, 7) is 0.901. The van der Waals surface area contributed by atoms with Crippen molar-refractivity contribution in [3.05, 3.63) is 47.0 Å². The van der Waals surface area contributed by atoms with Crippen molar-refractivity contribution in [3.63, 3.8) is 0 Å². The summed E-state index contributed by atoms with van der Waals surface area (Å²) in [5.74, 6) is 1.30. The molecular formula is C16H14ClNO4. The molecule has 0 fully saturated rings. The van der Waals surface area contributed by atoms with Gasteiger partial charge in [-0.2, -0.15) is 0 Å². The normalized spacial score (nSPS) is 12.6. The zero-order valence-electron chi connectivity index (χ0n) is 11.9. The Hall–Kier alpha value is -2.40. The molecule has 0 bridgehead atoms. The molecule has 114 valence electrons. The number of methoxy groups -OCH3 is 1. The maximum absolute atomic E-state index is 12.4. The van der Waals surface area contributed by atoms with E-state index in [1.54, 1.807) is 36.4 Å². The number of carbonyl (C=O) groups is 1. The van der Waals surface area contributed by atoms with Crippen LogP contribution in [0, 0.1) is 0 Å². The second kappa shape index (κ2) is 6.15. The van der Waals surface area contributed by atoms with Crippen LogP contribution in [0.4, 0.5) is 5.69 Å². The van der Waals surface area contributed by atoms with Gasteiger partial charge in [0.15, 0.2) is 11.5 Å². The maximum Gasteiger partial charge on any atom is 0.259 e. The third-order valence-electron chi connectivity index (χ3n) is 3.22. The third kappa shape index (κ3) is 2.80. The highest BCUT2D eigenvalue weighted by Crippen LogP contribution is 2.34. The minimum absolute atomic E-state index is 0.288. The van der Waals surface area contributed by atoms with Crippen molar-refractivity contribution in [1.29, 1.82) is 0 Å². The van der Waals surface area contributed by atoms with E-state index in [0.717, 1.165) is 0 Å². The highest BCUT2D eigenvalue weighted by Gasteiger charge is 2.20. The monoisotopic (exact) mass is 319 g/mol. The second-order valence-electron chi connectivity index (χ2n) is 4.63. The number of fused-ring (bicyclic) bond motifs is 1. The predicted molar refractivity (Wildman–Crippen MR) is 83.4 cm³/mol. The van der Waals surface area contributed by atoms with Gasteiger partial charge in [-0.3, -0.25) is 4.79 Å². The van der Waals surface area contributed by atoms with Gasteiger partial charge in [-0.25, -0.2) is 0 Å². The molecule has 0 unspecified atom stereocenters. The molecule has 22 heavy (non-hydrogen) atoms. The van der Waals surface area contributed by atoms with Gasteiger partial charge >= 0.3 is 0 Å². The average molecular weight is 320 g/mol. The standard InChI is InChI=1S/C16H14ClNO4/c1-20-13-6-5-10(9-12(13)17)18-16(19)11-3-2-4-14-15(11)22-8-7-21-14/h2-6,9H,7-8H2,1H3,(H,18,19). The molecule has 6 heteroatoms. The van der Waals surface area contributed by atoms with Crippen molar-refractivity contribution in [3.8, 4) is 17.2 Å². The molecular weight excluding hydrogens is 306 g/mol. The van der Waals surface area contributed by atoms with Crippen molar-refractivity contribution >= 4 is 23.2 Å². The lowest BCUT2D eigenvalue weighted by Crippen LogP contribution is -2.20. The number of carbonyl (C=O) groups excluding carboxylic acids is 1. The lowest BCUT2D eigenvalue weighted by molar-refractivity contribution is 0.101. The largest absolute Gasteiger partial charge is 0.495 e. The molecule has 0 saturated heterocycles. The molecule has 0 spiro atoms. The van der Waals surface area contributed by atoms with Crippen LogP contribution in [-0.4, -0.2) is 26.2 Å². The topological polar surface area (TPSA) is 56.8 Å². The van der Waals surface area contributed by atoms with Gasteiger partial charge in [-0.15, -0.1) is 0 Å². The van der Waals surface area contributed by atoms with Crippen molar-refractivity contribution in [2.75, 3.05) is 25.6 Å². The number of anilines is 1. The predicted octanol–water partition coefficient (Wildman–Crippen LogP) is 3.37. The zero-order chi connectivity index (χ0) is 15.5. The van der Waals surface area contributed by atoms with E-state index in [0.29, 0.717) is 46.7 Å². The molecule has 3 rings (SSSR count). The van der Waals surface area contributed by atoms with Crippen molar-refractivity contribution < 1.29 is 19.0 Å². The van der Waals surface area contributed by atoms with Crippen LogP contribution in [0.5, 0.6) is 17.2 Å². The van der Waals surface area contributed by atoms with E-state index in [2.05, 4.69) is 5.32 Å². The van der Waals surface area contributed by atoms with Gasteiger partial charge in [0.1, 0.15) is 19.0 Å². The van der Waals surface area contributed by atoms with Gasteiger partial charge in [0, 0.05) is 5.69 Å². The minimum Gasteiger partial charge on any atom is -0.495 e. The fraction of sp³-hybridized carbons (Fsp3) is 0.188. The molecule has 0 atom stereocenters. The molecule has 0 radical (unpaired) electrons. The Morgan fingerprint density at radius 2 is 2.05 bits per heavy atom. The quantitative estimate of drug-likeness (QED) is 0.942. The summed E-state index contributed by atoms with van der Waals surface area (Å²) in [5, 5.41) is 3.21. The van der Waals surface area contributed by atoms with E-state index in [1.807, 2.05) is 0 Å². The van der Waals surface area contributed by atoms with Crippen LogP contribution in [0.15, 0.2) is 36.4 Å². The SMILES string of the molecule is COc1ccc(NC(=O)c2cccc3c2OCCO3)cc1Cl. The number of nitrogens with one attached hydrogen (secondary N) is 1. The van der Waals surface area contributed by atoms with Crippen LogP contribution in [0.1, 0.15) is 10.4 Å². The smallest absolute Gasteiger partial charge is 0.259 e. The van der Waals surface area contributed by atoms with Crippen LogP contribution < -0.4 is 19.5 Å². The number of rotatable bonds is 3. The number of ether oxygens (including phenoxy) is 3. The zero-order valence-corrected chi connectivity index (χ0v) is 12.6. The first-order chi connectivity index (χ1) is 10.7. The molecule has 0 saturated carbocycles. The summed E-state index contributed by atoms with van der Waals surface area (Å²) in [6.07, 6.45) is 0. The second-order valence-corrected chi connectivity index (χ2v) is 5.04. The summed E-state index contributed by atoms with van der Waals surface area (Å²) in [6, 6.07) is 10.3. The summed E-state index contributed by atoms with van der Waals surface area (Å²) in [5.41, 5.74) is 0.995. The summed E-state index contributed by atoms with van der Waals surface area (Å²) in [4.78, 5) is 12.4. The van der Waals surface area contributed by atoms with E-state index >= 15 is 0 Å². The lowest BCUT2D eigenvalue weighted by Gasteiger charge is -2.20. The highest BCUT2D eigenvalue weighted by molar-refractivity contribution is 6.32. The number of hydrogen-bond donors (Lipinski definition) is 1. The Morgan fingerprint density at radius 1 is 1.23 bits per heavy atom. The van der Waals surface area contributed by atoms with Crippen LogP contribution in [0.2, 0.25) is 5.02 Å². The molecule has 0 aliphatic carbocycles. The van der Waals surface area contributed by atoms with E-state index in [-0.39, 0.29) is 5.91 Å². The van der Waals surface area contributed by atoms with Gasteiger partial charge < -0.3 is 19.5 Å². The summed E-state index contributed by atoms with van der Waals surface area (Å²) in [7, 11) is 1.53. The Kier molecular flexibility index (Phi) is 4.06. The first-order valence-electron chi connectivity index (χ1n) is 6.72. The first-order valence-corrected chi connectivity index (χ1v) is 7.10. The molecule has 1 aliphatic rings. The van der Waals surface area contributed by atoms with Crippen LogP contribution in [0.3, 0.4) is 0 Å². The number of amides is 1. The van der Waals surface area contributed by atoms with E-state index in [1.165, 1.54) is 7.11 Å². The Balaban J connectivity index is 1.84. The summed E-state index contributed by atoms with van der Waals surface area (Å²) >= 11 is 6.05. The molecule has 5 nitrogen and oxygen atoms in total.